The Hall–Kier alpha value is -1.02. The van der Waals surface area contributed by atoms with Crippen LogP contribution < -0.4 is 4.74 Å². The second-order valence-electron chi connectivity index (χ2n) is 8.06. The van der Waals surface area contributed by atoms with Gasteiger partial charge in [0.25, 0.3) is 0 Å². The number of hydrogen-bond acceptors (Lipinski definition) is 2. The fraction of sp³-hybridized carbons (Fsp3) is 0.714. The zero-order valence-electron chi connectivity index (χ0n) is 15.7. The fourth-order valence-corrected chi connectivity index (χ4v) is 3.34. The van der Waals surface area contributed by atoms with E-state index in [9.17, 15) is 0 Å². The lowest BCUT2D eigenvalue weighted by Gasteiger charge is -2.24. The molecular formula is C21H37NO. The molecule has 0 aromatic heterocycles. The van der Waals surface area contributed by atoms with Crippen LogP contribution in [-0.2, 0) is 5.41 Å². The molecule has 1 aliphatic heterocycles. The summed E-state index contributed by atoms with van der Waals surface area (Å²) in [5, 5.41) is 0. The van der Waals surface area contributed by atoms with Crippen molar-refractivity contribution in [3.05, 3.63) is 29.3 Å². The minimum Gasteiger partial charge on any atom is -0.493 e. The third-order valence-corrected chi connectivity index (χ3v) is 4.77. The smallest absolute Gasteiger partial charge is 0.123 e. The molecule has 1 saturated heterocycles. The summed E-state index contributed by atoms with van der Waals surface area (Å²) < 4.78 is 6.11. The lowest BCUT2D eigenvalue weighted by atomic mass is 9.85. The molecule has 1 heterocycles. The first-order valence-electron chi connectivity index (χ1n) is 9.43. The van der Waals surface area contributed by atoms with Crippen molar-refractivity contribution in [2.24, 2.45) is 0 Å². The molecule has 0 atom stereocenters. The molecular weight excluding hydrogens is 282 g/mol. The number of rotatable bonds is 6. The van der Waals surface area contributed by atoms with Crippen LogP contribution in [0.3, 0.4) is 0 Å². The molecule has 0 bridgehead atoms. The topological polar surface area (TPSA) is 12.5 Å². The standard InChI is InChI=1S/C21H35NO.H2/c1-18-11-12-20(19(17-18)21(2,3)4)23-16-10-9-15-22-13-7-5-6-8-14-22;/h11-12,17H,5-10,13-16H2,1-4H3;1H. The largest absolute Gasteiger partial charge is 0.493 e. The summed E-state index contributed by atoms with van der Waals surface area (Å²) in [5.41, 5.74) is 2.77. The van der Waals surface area contributed by atoms with Gasteiger partial charge in [0, 0.05) is 1.43 Å². The second kappa shape index (κ2) is 8.73. The molecule has 0 saturated carbocycles. The molecule has 2 heteroatoms. The molecule has 0 radical (unpaired) electrons. The van der Waals surface area contributed by atoms with Gasteiger partial charge in [-0.15, -0.1) is 0 Å². The first kappa shape index (κ1) is 18.3. The van der Waals surface area contributed by atoms with Gasteiger partial charge in [0.2, 0.25) is 0 Å². The average Bonchev–Trinajstić information content (AvgIpc) is 2.76. The van der Waals surface area contributed by atoms with Crippen LogP contribution in [0.15, 0.2) is 18.2 Å². The van der Waals surface area contributed by atoms with Crippen molar-refractivity contribution in [1.29, 1.82) is 0 Å². The molecule has 0 spiro atoms. The summed E-state index contributed by atoms with van der Waals surface area (Å²) in [4.78, 5) is 2.64. The van der Waals surface area contributed by atoms with Gasteiger partial charge in [-0.25, -0.2) is 0 Å². The van der Waals surface area contributed by atoms with E-state index in [2.05, 4.69) is 50.8 Å². The van der Waals surface area contributed by atoms with Crippen molar-refractivity contribution < 1.29 is 6.16 Å². The lowest BCUT2D eigenvalue weighted by molar-refractivity contribution is 0.254. The summed E-state index contributed by atoms with van der Waals surface area (Å²) in [6.45, 7) is 13.6. The third kappa shape index (κ3) is 6.18. The van der Waals surface area contributed by atoms with Crippen LogP contribution in [0.4, 0.5) is 0 Å². The molecule has 132 valence electrons. The Bertz CT molecular complexity index is 473. The third-order valence-electron chi connectivity index (χ3n) is 4.77. The number of ether oxygens (including phenoxy) is 1. The highest BCUT2D eigenvalue weighted by Gasteiger charge is 2.19. The second-order valence-corrected chi connectivity index (χ2v) is 8.06. The Morgan fingerprint density at radius 1 is 1.04 bits per heavy atom. The van der Waals surface area contributed by atoms with Crippen LogP contribution in [0.5, 0.6) is 5.75 Å². The van der Waals surface area contributed by atoms with Crippen LogP contribution in [0.25, 0.3) is 0 Å². The molecule has 1 aromatic carbocycles. The first-order valence-corrected chi connectivity index (χ1v) is 9.43. The van der Waals surface area contributed by atoms with E-state index in [0.717, 1.165) is 18.8 Å². The van der Waals surface area contributed by atoms with E-state index in [1.54, 1.807) is 0 Å². The Kier molecular flexibility index (Phi) is 6.95. The summed E-state index contributed by atoms with van der Waals surface area (Å²) in [5.74, 6) is 1.07. The predicted molar refractivity (Wildman–Crippen MR) is 102 cm³/mol. The maximum Gasteiger partial charge on any atom is 0.123 e. The number of aryl methyl sites for hydroxylation is 1. The van der Waals surface area contributed by atoms with E-state index < -0.39 is 0 Å². The quantitative estimate of drug-likeness (QED) is 0.635. The summed E-state index contributed by atoms with van der Waals surface area (Å²) in [6, 6.07) is 6.57. The molecule has 0 unspecified atom stereocenters. The molecule has 0 N–H and O–H groups in total. The van der Waals surface area contributed by atoms with E-state index in [-0.39, 0.29) is 6.84 Å². The van der Waals surface area contributed by atoms with Gasteiger partial charge in [0.15, 0.2) is 0 Å². The summed E-state index contributed by atoms with van der Waals surface area (Å²) in [7, 11) is 0. The SMILES string of the molecule is Cc1ccc(OCCCCN2CCCCCC2)c(C(C)(C)C)c1.[HH]. The summed E-state index contributed by atoms with van der Waals surface area (Å²) >= 11 is 0. The van der Waals surface area contributed by atoms with Gasteiger partial charge in [-0.3, -0.25) is 0 Å². The van der Waals surface area contributed by atoms with E-state index in [1.165, 1.54) is 62.9 Å². The van der Waals surface area contributed by atoms with Crippen molar-refractivity contribution in [2.45, 2.75) is 71.6 Å². The monoisotopic (exact) mass is 319 g/mol. The lowest BCUT2D eigenvalue weighted by Crippen LogP contribution is -2.26. The fourth-order valence-electron chi connectivity index (χ4n) is 3.34. The highest BCUT2D eigenvalue weighted by molar-refractivity contribution is 5.41. The van der Waals surface area contributed by atoms with Crippen LogP contribution in [0, 0.1) is 6.92 Å². The van der Waals surface area contributed by atoms with E-state index >= 15 is 0 Å². The Labute approximate surface area is 144 Å². The van der Waals surface area contributed by atoms with Gasteiger partial charge < -0.3 is 9.64 Å². The highest BCUT2D eigenvalue weighted by atomic mass is 16.5. The number of nitrogens with zero attached hydrogens (tertiary/aromatic N) is 1. The first-order chi connectivity index (χ1) is 11.0. The van der Waals surface area contributed by atoms with Gasteiger partial charge in [-0.2, -0.15) is 0 Å². The van der Waals surface area contributed by atoms with Gasteiger partial charge in [0.05, 0.1) is 6.61 Å². The normalized spacial score (nSPS) is 17.0. The zero-order chi connectivity index (χ0) is 16.7. The maximum absolute atomic E-state index is 6.11. The van der Waals surface area contributed by atoms with Crippen LogP contribution in [0.1, 0.15) is 71.8 Å². The minimum atomic E-state index is 0. The Morgan fingerprint density at radius 2 is 1.74 bits per heavy atom. The van der Waals surface area contributed by atoms with E-state index in [0.29, 0.717) is 0 Å². The molecule has 2 nitrogen and oxygen atoms in total. The molecule has 23 heavy (non-hydrogen) atoms. The van der Waals surface area contributed by atoms with Crippen molar-refractivity contribution in [3.8, 4) is 5.75 Å². The van der Waals surface area contributed by atoms with Crippen molar-refractivity contribution in [1.82, 2.24) is 4.90 Å². The van der Waals surface area contributed by atoms with Crippen molar-refractivity contribution in [2.75, 3.05) is 26.2 Å². The number of likely N-dealkylation sites (tertiary alicyclic amines) is 1. The van der Waals surface area contributed by atoms with Crippen LogP contribution in [-0.4, -0.2) is 31.1 Å². The summed E-state index contributed by atoms with van der Waals surface area (Å²) in [6.07, 6.45) is 8.00. The van der Waals surface area contributed by atoms with Crippen LogP contribution in [0.2, 0.25) is 0 Å². The predicted octanol–water partition coefficient (Wildman–Crippen LogP) is 5.57. The van der Waals surface area contributed by atoms with Crippen molar-refractivity contribution in [3.63, 3.8) is 0 Å². The minimum absolute atomic E-state index is 0. The molecule has 2 rings (SSSR count). The van der Waals surface area contributed by atoms with Gasteiger partial charge in [0.1, 0.15) is 5.75 Å². The van der Waals surface area contributed by atoms with Gasteiger partial charge in [-0.05, 0) is 69.3 Å². The zero-order valence-corrected chi connectivity index (χ0v) is 15.7. The molecule has 0 aliphatic carbocycles. The van der Waals surface area contributed by atoms with E-state index in [1.807, 2.05) is 0 Å². The molecule has 1 fully saturated rings. The number of unbranched alkanes of at least 4 members (excludes halogenated alkanes) is 1. The maximum atomic E-state index is 6.11. The Morgan fingerprint density at radius 3 is 2.39 bits per heavy atom. The molecule has 1 aliphatic rings. The molecule has 0 amide bonds. The highest BCUT2D eigenvalue weighted by Crippen LogP contribution is 2.32. The number of hydrogen-bond donors (Lipinski definition) is 0. The average molecular weight is 320 g/mol. The van der Waals surface area contributed by atoms with Crippen LogP contribution >= 0.6 is 0 Å². The van der Waals surface area contributed by atoms with Gasteiger partial charge in [-0.1, -0.05) is 51.3 Å². The Balaban J connectivity index is 0.00000288. The van der Waals surface area contributed by atoms with Gasteiger partial charge >= 0.3 is 0 Å². The number of benzene rings is 1. The van der Waals surface area contributed by atoms with E-state index in [4.69, 9.17) is 4.74 Å². The van der Waals surface area contributed by atoms with Crippen molar-refractivity contribution >= 4 is 0 Å². The molecule has 1 aromatic rings.